The average molecular weight is 503 g/mol. The molecule has 0 aliphatic heterocycles. The van der Waals surface area contributed by atoms with Crippen LogP contribution < -0.4 is 9.46 Å². The summed E-state index contributed by atoms with van der Waals surface area (Å²) < 4.78 is 95.6. The van der Waals surface area contributed by atoms with E-state index in [-0.39, 0.29) is 22.8 Å². The smallest absolute Gasteiger partial charge is 0.404 e. The van der Waals surface area contributed by atoms with Crippen LogP contribution in [0.5, 0.6) is 5.75 Å². The minimum Gasteiger partial charge on any atom is -0.435 e. The molecule has 0 unspecified atom stereocenters. The molecule has 0 fully saturated rings. The fourth-order valence-electron chi connectivity index (χ4n) is 3.25. The molecule has 2 heterocycles. The third-order valence-corrected chi connectivity index (χ3v) is 6.29. The Morgan fingerprint density at radius 1 is 1.24 bits per heavy atom. The van der Waals surface area contributed by atoms with Crippen molar-refractivity contribution in [3.8, 4) is 23.3 Å². The van der Waals surface area contributed by atoms with Crippen molar-refractivity contribution in [1.82, 2.24) is 19.3 Å². The molecule has 3 rings (SSSR count). The number of hydrogen-bond donors (Lipinski definition) is 1. The number of fused-ring (bicyclic) bond motifs is 1. The Bertz CT molecular complexity index is 1330. The molecule has 0 amide bonds. The highest BCUT2D eigenvalue weighted by molar-refractivity contribution is 7.89. The van der Waals surface area contributed by atoms with Crippen LogP contribution in [0.1, 0.15) is 25.8 Å². The maximum Gasteiger partial charge on any atom is 0.404 e. The van der Waals surface area contributed by atoms with Crippen molar-refractivity contribution >= 4 is 20.9 Å². The molecule has 0 spiro atoms. The highest BCUT2D eigenvalue weighted by atomic mass is 32.2. The maximum atomic E-state index is 12.7. The van der Waals surface area contributed by atoms with Crippen LogP contribution in [-0.4, -0.2) is 41.8 Å². The van der Waals surface area contributed by atoms with Gasteiger partial charge in [-0.05, 0) is 25.5 Å². The number of halogens is 5. The van der Waals surface area contributed by atoms with E-state index in [9.17, 15) is 35.6 Å². The van der Waals surface area contributed by atoms with Crippen LogP contribution >= 0.6 is 0 Å². The third kappa shape index (κ3) is 5.10. The molecule has 0 saturated heterocycles. The first-order valence-electron chi connectivity index (χ1n) is 9.81. The second kappa shape index (κ2) is 9.51. The summed E-state index contributed by atoms with van der Waals surface area (Å²) >= 11 is 0. The summed E-state index contributed by atoms with van der Waals surface area (Å²) in [6.07, 6.45) is -2.56. The van der Waals surface area contributed by atoms with Crippen molar-refractivity contribution in [2.75, 3.05) is 0 Å². The maximum absolute atomic E-state index is 12.7. The van der Waals surface area contributed by atoms with Gasteiger partial charge in [0.2, 0.25) is 10.0 Å². The Labute approximate surface area is 191 Å². The molecule has 0 bridgehead atoms. The number of aromatic nitrogens is 3. The number of benzene rings is 1. The number of aryl methyl sites for hydroxylation is 1. The second-order valence-corrected chi connectivity index (χ2v) is 8.89. The molecular formula is C20H18F5N5O3S. The zero-order valence-electron chi connectivity index (χ0n) is 17.8. The van der Waals surface area contributed by atoms with Gasteiger partial charge in [0.05, 0.1) is 23.5 Å². The standard InChI is InChI=1S/C20H18F5N5O3S/c1-3-6-30-16-7-12(33-19(21)22)4-5-14(16)15(8-26)17(30)18-27-9-13(10-28-18)34(31,32)29-11(2)20(23,24)25/h4-5,7,9-11,19,29H,3,6H2,1-2H3/t11-/m0/s1. The van der Waals surface area contributed by atoms with Gasteiger partial charge < -0.3 is 9.30 Å². The van der Waals surface area contributed by atoms with E-state index in [1.54, 1.807) is 4.57 Å². The Morgan fingerprint density at radius 2 is 1.88 bits per heavy atom. The molecule has 14 heteroatoms. The quantitative estimate of drug-likeness (QED) is 0.461. The van der Waals surface area contributed by atoms with Crippen LogP contribution in [0.4, 0.5) is 22.0 Å². The van der Waals surface area contributed by atoms with E-state index >= 15 is 0 Å². The summed E-state index contributed by atoms with van der Waals surface area (Å²) in [7, 11) is -4.57. The van der Waals surface area contributed by atoms with Gasteiger partial charge in [0.1, 0.15) is 28.4 Å². The van der Waals surface area contributed by atoms with Gasteiger partial charge in [-0.1, -0.05) is 6.92 Å². The van der Waals surface area contributed by atoms with Crippen LogP contribution in [0.3, 0.4) is 0 Å². The van der Waals surface area contributed by atoms with Crippen LogP contribution in [0.15, 0.2) is 35.5 Å². The van der Waals surface area contributed by atoms with E-state index in [2.05, 4.69) is 14.7 Å². The predicted molar refractivity (Wildman–Crippen MR) is 110 cm³/mol. The lowest BCUT2D eigenvalue weighted by Gasteiger charge is -2.17. The van der Waals surface area contributed by atoms with Crippen molar-refractivity contribution in [2.24, 2.45) is 0 Å². The monoisotopic (exact) mass is 503 g/mol. The summed E-state index contributed by atoms with van der Waals surface area (Å²) in [6, 6.07) is 3.73. The molecule has 182 valence electrons. The van der Waals surface area contributed by atoms with E-state index in [0.717, 1.165) is 12.4 Å². The van der Waals surface area contributed by atoms with Crippen LogP contribution in [0.2, 0.25) is 0 Å². The number of ether oxygens (including phenoxy) is 1. The Balaban J connectivity index is 2.09. The third-order valence-electron chi connectivity index (χ3n) is 4.79. The Hall–Kier alpha value is -3.31. The summed E-state index contributed by atoms with van der Waals surface area (Å²) in [5.41, 5.74) is 0.716. The summed E-state index contributed by atoms with van der Waals surface area (Å²) in [5.74, 6) is -0.194. The molecule has 34 heavy (non-hydrogen) atoms. The van der Waals surface area contributed by atoms with Gasteiger partial charge in [-0.2, -0.15) is 31.9 Å². The van der Waals surface area contributed by atoms with Gasteiger partial charge >= 0.3 is 12.8 Å². The minimum atomic E-state index is -4.79. The molecule has 3 aromatic rings. The van der Waals surface area contributed by atoms with E-state index in [1.807, 2.05) is 13.0 Å². The average Bonchev–Trinajstić information content (AvgIpc) is 3.05. The largest absolute Gasteiger partial charge is 0.435 e. The molecular weight excluding hydrogens is 485 g/mol. The fraction of sp³-hybridized carbons (Fsp3) is 0.350. The van der Waals surface area contributed by atoms with E-state index in [0.29, 0.717) is 30.8 Å². The van der Waals surface area contributed by atoms with Crippen LogP contribution in [0, 0.1) is 11.3 Å². The normalized spacial score (nSPS) is 13.3. The molecule has 0 aliphatic carbocycles. The predicted octanol–water partition coefficient (Wildman–Crippen LogP) is 4.21. The first-order chi connectivity index (χ1) is 15.9. The Morgan fingerprint density at radius 3 is 2.41 bits per heavy atom. The van der Waals surface area contributed by atoms with Gasteiger partial charge in [0.15, 0.2) is 5.82 Å². The number of hydrogen-bond acceptors (Lipinski definition) is 6. The molecule has 1 N–H and O–H groups in total. The van der Waals surface area contributed by atoms with Crippen molar-refractivity contribution in [1.29, 1.82) is 5.26 Å². The number of sulfonamides is 1. The lowest BCUT2D eigenvalue weighted by atomic mass is 10.1. The molecule has 2 aromatic heterocycles. The lowest BCUT2D eigenvalue weighted by Crippen LogP contribution is -2.43. The molecule has 0 radical (unpaired) electrons. The van der Waals surface area contributed by atoms with Crippen molar-refractivity contribution in [3.05, 3.63) is 36.2 Å². The highest BCUT2D eigenvalue weighted by Gasteiger charge is 2.39. The van der Waals surface area contributed by atoms with E-state index in [4.69, 9.17) is 0 Å². The number of alkyl halides is 5. The zero-order valence-corrected chi connectivity index (χ0v) is 18.6. The zero-order chi connectivity index (χ0) is 25.3. The van der Waals surface area contributed by atoms with Gasteiger partial charge in [-0.15, -0.1) is 0 Å². The van der Waals surface area contributed by atoms with Crippen molar-refractivity contribution in [2.45, 2.75) is 50.5 Å². The van der Waals surface area contributed by atoms with Gasteiger partial charge in [0.25, 0.3) is 0 Å². The number of rotatable bonds is 8. The van der Waals surface area contributed by atoms with Gasteiger partial charge in [0, 0.05) is 18.0 Å². The fourth-order valence-corrected chi connectivity index (χ4v) is 4.37. The molecule has 0 aliphatic rings. The van der Waals surface area contributed by atoms with Crippen molar-refractivity contribution in [3.63, 3.8) is 0 Å². The summed E-state index contributed by atoms with van der Waals surface area (Å²) in [6.45, 7) is -0.222. The van der Waals surface area contributed by atoms with E-state index < -0.39 is 33.7 Å². The first-order valence-corrected chi connectivity index (χ1v) is 11.3. The minimum absolute atomic E-state index is 0.0691. The molecule has 0 saturated carbocycles. The molecule has 8 nitrogen and oxygen atoms in total. The van der Waals surface area contributed by atoms with Crippen LogP contribution in [0.25, 0.3) is 22.4 Å². The van der Waals surface area contributed by atoms with Gasteiger partial charge in [-0.25, -0.2) is 18.4 Å². The molecule has 1 atom stereocenters. The number of nitrogens with one attached hydrogen (secondary N) is 1. The SMILES string of the molecule is CCCn1c(-c2ncc(S(=O)(=O)N[C@@H](C)C(F)(F)F)cn2)c(C#N)c2ccc(OC(F)F)cc21. The topological polar surface area (TPSA) is 110 Å². The van der Waals surface area contributed by atoms with Crippen LogP contribution in [-0.2, 0) is 16.6 Å². The van der Waals surface area contributed by atoms with Gasteiger partial charge in [-0.3, -0.25) is 0 Å². The van der Waals surface area contributed by atoms with Crippen molar-refractivity contribution < 1.29 is 35.1 Å². The second-order valence-electron chi connectivity index (χ2n) is 7.17. The summed E-state index contributed by atoms with van der Waals surface area (Å²) in [4.78, 5) is 7.33. The Kier molecular flexibility index (Phi) is 7.08. The lowest BCUT2D eigenvalue weighted by molar-refractivity contribution is -0.147. The summed E-state index contributed by atoms with van der Waals surface area (Å²) in [5, 5.41) is 10.2. The number of nitrogens with zero attached hydrogens (tertiary/aromatic N) is 4. The molecule has 1 aromatic carbocycles. The first kappa shape index (κ1) is 25.3. The number of nitriles is 1. The highest BCUT2D eigenvalue weighted by Crippen LogP contribution is 2.34. The van der Waals surface area contributed by atoms with E-state index in [1.165, 1.54) is 22.9 Å².